The summed E-state index contributed by atoms with van der Waals surface area (Å²) in [6.45, 7) is 3.76. The average Bonchev–Trinajstić information content (AvgIpc) is 3.39. The molecule has 0 bridgehead atoms. The van der Waals surface area contributed by atoms with Crippen molar-refractivity contribution < 1.29 is 22.3 Å². The van der Waals surface area contributed by atoms with Crippen LogP contribution in [0.2, 0.25) is 0 Å². The van der Waals surface area contributed by atoms with E-state index in [0.717, 1.165) is 37.3 Å². The minimum absolute atomic E-state index is 0.198. The van der Waals surface area contributed by atoms with Gasteiger partial charge in [0.25, 0.3) is 5.92 Å². The van der Waals surface area contributed by atoms with Gasteiger partial charge in [-0.3, -0.25) is 9.71 Å². The number of anilines is 3. The maximum atomic E-state index is 13.6. The molecule has 0 atom stereocenters. The summed E-state index contributed by atoms with van der Waals surface area (Å²) < 4.78 is 55.8. The second kappa shape index (κ2) is 11.0. The number of hydrogen-bond donors (Lipinski definition) is 2. The lowest BCUT2D eigenvalue weighted by atomic mass is 9.98. The highest BCUT2D eigenvalue weighted by atomic mass is 32.2. The molecule has 0 saturated carbocycles. The summed E-state index contributed by atoms with van der Waals surface area (Å²) in [6.07, 6.45) is 6.41. The largest absolute Gasteiger partial charge is 0.395 e. The van der Waals surface area contributed by atoms with Crippen LogP contribution < -0.4 is 14.5 Å². The van der Waals surface area contributed by atoms with Gasteiger partial charge in [-0.2, -0.15) is 0 Å². The number of benzene rings is 1. The first kappa shape index (κ1) is 27.2. The van der Waals surface area contributed by atoms with E-state index in [1.54, 1.807) is 46.4 Å². The first-order valence-corrected chi connectivity index (χ1v) is 14.7. The lowest BCUT2D eigenvalue weighted by molar-refractivity contribution is -0.0221. The molecule has 0 unspecified atom stereocenters. The molecule has 0 spiro atoms. The van der Waals surface area contributed by atoms with Crippen molar-refractivity contribution in [1.82, 2.24) is 25.0 Å². The number of aliphatic hydroxyl groups is 1. The first-order chi connectivity index (χ1) is 18.6. The number of aromatic nitrogens is 5. The fraction of sp³-hybridized carbons (Fsp3) is 0.520. The van der Waals surface area contributed by atoms with Gasteiger partial charge in [-0.1, -0.05) is 12.1 Å². The molecular formula is C25H32F2N8O3S. The number of rotatable bonds is 8. The van der Waals surface area contributed by atoms with Crippen molar-refractivity contribution in [3.63, 3.8) is 0 Å². The molecule has 2 saturated heterocycles. The standard InChI is InChI=1S/C25H32F2N8O3S/c1-18-4-8-33(9-5-18)23-14-19(31-39(37,38)13-12-36)2-3-22(23)35-17-21(30-32-35)20-15-28-16-24(29-20)34-10-6-25(26,27)7-11-34/h2-3,14-18,31,36H,4-13H2,1H3. The second-order valence-corrected chi connectivity index (χ2v) is 12.0. The van der Waals surface area contributed by atoms with Crippen LogP contribution >= 0.6 is 0 Å². The van der Waals surface area contributed by atoms with Crippen LogP contribution in [0.4, 0.5) is 26.0 Å². The zero-order valence-electron chi connectivity index (χ0n) is 21.7. The number of aliphatic hydroxyl groups excluding tert-OH is 1. The average molecular weight is 563 g/mol. The van der Waals surface area contributed by atoms with Gasteiger partial charge in [-0.05, 0) is 37.0 Å². The summed E-state index contributed by atoms with van der Waals surface area (Å²) in [4.78, 5) is 12.9. The molecule has 2 fully saturated rings. The molecule has 11 nitrogen and oxygen atoms in total. The van der Waals surface area contributed by atoms with E-state index in [1.165, 1.54) is 0 Å². The molecule has 210 valence electrons. The second-order valence-electron chi connectivity index (χ2n) is 10.2. The molecule has 2 aliphatic rings. The Hall–Kier alpha value is -3.39. The van der Waals surface area contributed by atoms with Gasteiger partial charge in [0.15, 0.2) is 0 Å². The van der Waals surface area contributed by atoms with Gasteiger partial charge in [0, 0.05) is 39.0 Å². The van der Waals surface area contributed by atoms with Crippen molar-refractivity contribution in [2.75, 3.05) is 53.1 Å². The van der Waals surface area contributed by atoms with Crippen LogP contribution in [0.1, 0.15) is 32.6 Å². The third kappa shape index (κ3) is 6.44. The van der Waals surface area contributed by atoms with Crippen LogP contribution in [0.5, 0.6) is 0 Å². The van der Waals surface area contributed by atoms with E-state index in [2.05, 4.69) is 36.8 Å². The van der Waals surface area contributed by atoms with Crippen LogP contribution in [0, 0.1) is 5.92 Å². The molecule has 4 heterocycles. The molecule has 14 heteroatoms. The van der Waals surface area contributed by atoms with E-state index in [1.807, 2.05) is 0 Å². The number of alkyl halides is 2. The Morgan fingerprint density at radius 1 is 1.05 bits per heavy atom. The fourth-order valence-electron chi connectivity index (χ4n) is 4.83. The summed E-state index contributed by atoms with van der Waals surface area (Å²) in [5, 5.41) is 17.7. The molecule has 1 aromatic carbocycles. The number of piperidine rings is 2. The highest BCUT2D eigenvalue weighted by Gasteiger charge is 2.34. The maximum absolute atomic E-state index is 13.6. The van der Waals surface area contributed by atoms with Gasteiger partial charge < -0.3 is 14.9 Å². The van der Waals surface area contributed by atoms with E-state index in [4.69, 9.17) is 5.11 Å². The van der Waals surface area contributed by atoms with Gasteiger partial charge in [0.1, 0.15) is 17.2 Å². The molecule has 5 rings (SSSR count). The molecule has 2 aromatic heterocycles. The monoisotopic (exact) mass is 562 g/mol. The topological polar surface area (TPSA) is 129 Å². The molecule has 2 aliphatic heterocycles. The Morgan fingerprint density at radius 3 is 2.51 bits per heavy atom. The summed E-state index contributed by atoms with van der Waals surface area (Å²) >= 11 is 0. The summed E-state index contributed by atoms with van der Waals surface area (Å²) in [5.41, 5.74) is 2.86. The fourth-order valence-corrected chi connectivity index (χ4v) is 5.66. The predicted molar refractivity (Wildman–Crippen MR) is 144 cm³/mol. The van der Waals surface area contributed by atoms with Crippen LogP contribution in [-0.4, -0.2) is 82.9 Å². The Morgan fingerprint density at radius 2 is 1.79 bits per heavy atom. The Bertz CT molecular complexity index is 1400. The number of halogens is 2. The van der Waals surface area contributed by atoms with Crippen LogP contribution in [-0.2, 0) is 10.0 Å². The smallest absolute Gasteiger partial charge is 0.251 e. The highest BCUT2D eigenvalue weighted by molar-refractivity contribution is 7.92. The lowest BCUT2D eigenvalue weighted by Crippen LogP contribution is -2.39. The third-order valence-electron chi connectivity index (χ3n) is 7.18. The SMILES string of the molecule is CC1CCN(c2cc(NS(=O)(=O)CCO)ccc2-n2cc(-c3cncc(N4CCC(F)(F)CC4)n3)nn2)CC1. The molecule has 2 N–H and O–H groups in total. The van der Waals surface area contributed by atoms with Crippen LogP contribution in [0.3, 0.4) is 0 Å². The van der Waals surface area contributed by atoms with Gasteiger partial charge in [0.2, 0.25) is 10.0 Å². The van der Waals surface area contributed by atoms with Gasteiger partial charge in [-0.25, -0.2) is 26.9 Å². The summed E-state index contributed by atoms with van der Waals surface area (Å²) in [5.74, 6) is -1.92. The summed E-state index contributed by atoms with van der Waals surface area (Å²) in [6, 6.07) is 5.20. The van der Waals surface area contributed by atoms with E-state index in [-0.39, 0.29) is 25.9 Å². The quantitative estimate of drug-likeness (QED) is 0.426. The molecule has 0 aliphatic carbocycles. The number of nitrogens with zero attached hydrogens (tertiary/aromatic N) is 7. The van der Waals surface area contributed by atoms with Crippen molar-refractivity contribution in [2.45, 2.75) is 38.5 Å². The zero-order chi connectivity index (χ0) is 27.6. The normalized spacial score (nSPS) is 18.4. The van der Waals surface area contributed by atoms with Crippen molar-refractivity contribution in [3.05, 3.63) is 36.8 Å². The van der Waals surface area contributed by atoms with Crippen molar-refractivity contribution >= 4 is 27.2 Å². The zero-order valence-corrected chi connectivity index (χ0v) is 22.5. The van der Waals surface area contributed by atoms with Gasteiger partial charge >= 0.3 is 0 Å². The van der Waals surface area contributed by atoms with Crippen molar-refractivity contribution in [3.8, 4) is 17.1 Å². The van der Waals surface area contributed by atoms with Crippen LogP contribution in [0.15, 0.2) is 36.8 Å². The predicted octanol–water partition coefficient (Wildman–Crippen LogP) is 2.93. The Balaban J connectivity index is 1.43. The van der Waals surface area contributed by atoms with Gasteiger partial charge in [-0.15, -0.1) is 5.10 Å². The molecular weight excluding hydrogens is 530 g/mol. The summed E-state index contributed by atoms with van der Waals surface area (Å²) in [7, 11) is -3.68. The molecule has 3 aromatic rings. The van der Waals surface area contributed by atoms with Crippen LogP contribution in [0.25, 0.3) is 17.1 Å². The minimum Gasteiger partial charge on any atom is -0.395 e. The highest BCUT2D eigenvalue weighted by Crippen LogP contribution is 2.33. The molecule has 39 heavy (non-hydrogen) atoms. The minimum atomic E-state index is -3.68. The Kier molecular flexibility index (Phi) is 7.67. The number of nitrogens with one attached hydrogen (secondary N) is 1. The molecule has 0 radical (unpaired) electrons. The van der Waals surface area contributed by atoms with Gasteiger partial charge in [0.05, 0.1) is 48.0 Å². The number of sulfonamides is 1. The lowest BCUT2D eigenvalue weighted by Gasteiger charge is -2.33. The molecule has 0 amide bonds. The van der Waals surface area contributed by atoms with Crippen molar-refractivity contribution in [1.29, 1.82) is 0 Å². The first-order valence-electron chi connectivity index (χ1n) is 13.0. The van der Waals surface area contributed by atoms with E-state index in [9.17, 15) is 17.2 Å². The maximum Gasteiger partial charge on any atom is 0.251 e. The third-order valence-corrected chi connectivity index (χ3v) is 8.44. The number of hydrogen-bond acceptors (Lipinski definition) is 9. The van der Waals surface area contributed by atoms with Crippen molar-refractivity contribution in [2.24, 2.45) is 5.92 Å². The van der Waals surface area contributed by atoms with E-state index in [0.29, 0.717) is 28.8 Å². The Labute approximate surface area is 225 Å². The van der Waals surface area contributed by atoms with E-state index >= 15 is 0 Å². The van der Waals surface area contributed by atoms with E-state index < -0.39 is 28.3 Å².